The summed E-state index contributed by atoms with van der Waals surface area (Å²) in [6.45, 7) is 6.40. The highest BCUT2D eigenvalue weighted by Crippen LogP contribution is 2.12. The lowest BCUT2D eigenvalue weighted by atomic mass is 10.1. The van der Waals surface area contributed by atoms with Crippen LogP contribution in [0.4, 0.5) is 0 Å². The van der Waals surface area contributed by atoms with E-state index in [2.05, 4.69) is 15.5 Å². The third-order valence-electron chi connectivity index (χ3n) is 3.90. The van der Waals surface area contributed by atoms with Crippen molar-refractivity contribution in [3.8, 4) is 0 Å². The van der Waals surface area contributed by atoms with Crippen LogP contribution in [0.2, 0.25) is 0 Å². The van der Waals surface area contributed by atoms with Gasteiger partial charge < -0.3 is 5.32 Å². The van der Waals surface area contributed by atoms with Gasteiger partial charge in [0.25, 0.3) is 5.91 Å². The summed E-state index contributed by atoms with van der Waals surface area (Å²) in [4.78, 5) is 12.4. The first-order chi connectivity index (χ1) is 11.5. The Hall–Kier alpha value is -2.89. The van der Waals surface area contributed by atoms with Gasteiger partial charge in [0.05, 0.1) is 11.7 Å². The quantitative estimate of drug-likeness (QED) is 0.785. The van der Waals surface area contributed by atoms with E-state index in [0.29, 0.717) is 12.4 Å². The van der Waals surface area contributed by atoms with Crippen LogP contribution in [0.15, 0.2) is 48.7 Å². The van der Waals surface area contributed by atoms with Crippen LogP contribution in [0, 0.1) is 13.8 Å². The van der Waals surface area contributed by atoms with Gasteiger partial charge in [-0.15, -0.1) is 0 Å². The van der Waals surface area contributed by atoms with Gasteiger partial charge in [0, 0.05) is 11.9 Å². The number of carbonyl (C=O) groups is 1. The smallest absolute Gasteiger partial charge is 0.272 e. The van der Waals surface area contributed by atoms with Crippen molar-refractivity contribution >= 4 is 5.91 Å². The highest BCUT2D eigenvalue weighted by Gasteiger charge is 2.14. The van der Waals surface area contributed by atoms with Gasteiger partial charge in [-0.25, -0.2) is 4.68 Å². The molecule has 0 spiro atoms. The van der Waals surface area contributed by atoms with Crippen molar-refractivity contribution < 1.29 is 4.79 Å². The van der Waals surface area contributed by atoms with E-state index < -0.39 is 0 Å². The fraction of sp³-hybridized carbons (Fsp3) is 0.278. The van der Waals surface area contributed by atoms with E-state index in [0.717, 1.165) is 17.0 Å². The standard InChI is InChI=1S/C18H21N5O/c1-13-11-14(2)23(20-13)12-22-10-9-17(21-22)18(24)19-15(3)16-7-5-4-6-8-16/h4-11,15H,12H2,1-3H3,(H,19,24). The van der Waals surface area contributed by atoms with E-state index in [9.17, 15) is 4.79 Å². The van der Waals surface area contributed by atoms with Crippen LogP contribution in [-0.4, -0.2) is 25.5 Å². The van der Waals surface area contributed by atoms with E-state index in [1.165, 1.54) is 0 Å². The van der Waals surface area contributed by atoms with Crippen LogP contribution in [0.3, 0.4) is 0 Å². The average Bonchev–Trinajstić information content (AvgIpc) is 3.15. The number of rotatable bonds is 5. The molecule has 124 valence electrons. The van der Waals surface area contributed by atoms with Gasteiger partial charge in [-0.3, -0.25) is 9.48 Å². The van der Waals surface area contributed by atoms with Crippen molar-refractivity contribution in [2.24, 2.45) is 0 Å². The molecule has 0 aliphatic rings. The summed E-state index contributed by atoms with van der Waals surface area (Å²) in [5, 5.41) is 11.7. The first-order valence-electron chi connectivity index (χ1n) is 7.93. The van der Waals surface area contributed by atoms with E-state index in [1.807, 2.05) is 61.9 Å². The molecule has 0 aliphatic carbocycles. The number of nitrogens with zero attached hydrogens (tertiary/aromatic N) is 4. The summed E-state index contributed by atoms with van der Waals surface area (Å²) in [7, 11) is 0. The largest absolute Gasteiger partial charge is 0.344 e. The Bertz CT molecular complexity index is 834. The molecular weight excluding hydrogens is 302 g/mol. The SMILES string of the molecule is Cc1cc(C)n(Cn2ccc(C(=O)NC(C)c3ccccc3)n2)n1. The van der Waals surface area contributed by atoms with Crippen LogP contribution < -0.4 is 5.32 Å². The lowest BCUT2D eigenvalue weighted by Crippen LogP contribution is -2.27. The lowest BCUT2D eigenvalue weighted by Gasteiger charge is -2.13. The minimum absolute atomic E-state index is 0.0696. The van der Waals surface area contributed by atoms with E-state index >= 15 is 0 Å². The molecule has 1 atom stereocenters. The summed E-state index contributed by atoms with van der Waals surface area (Å²) in [5.74, 6) is -0.182. The Morgan fingerprint density at radius 2 is 1.92 bits per heavy atom. The van der Waals surface area contributed by atoms with Crippen molar-refractivity contribution in [3.63, 3.8) is 0 Å². The summed E-state index contributed by atoms with van der Waals surface area (Å²) < 4.78 is 3.57. The van der Waals surface area contributed by atoms with Gasteiger partial charge in [0.1, 0.15) is 12.4 Å². The van der Waals surface area contributed by atoms with Crippen molar-refractivity contribution in [2.45, 2.75) is 33.5 Å². The summed E-state index contributed by atoms with van der Waals surface area (Å²) in [5.41, 5.74) is 3.49. The van der Waals surface area contributed by atoms with E-state index in [-0.39, 0.29) is 11.9 Å². The second-order valence-corrected chi connectivity index (χ2v) is 5.91. The van der Waals surface area contributed by atoms with Gasteiger partial charge >= 0.3 is 0 Å². The molecule has 1 unspecified atom stereocenters. The monoisotopic (exact) mass is 323 g/mol. The van der Waals surface area contributed by atoms with E-state index in [1.54, 1.807) is 16.9 Å². The van der Waals surface area contributed by atoms with Crippen molar-refractivity contribution in [1.82, 2.24) is 24.9 Å². The zero-order chi connectivity index (χ0) is 17.1. The molecule has 6 heteroatoms. The number of hydrogen-bond donors (Lipinski definition) is 1. The Kier molecular flexibility index (Phi) is 4.46. The molecule has 0 bridgehead atoms. The van der Waals surface area contributed by atoms with Gasteiger partial charge in [0.2, 0.25) is 0 Å². The van der Waals surface area contributed by atoms with Crippen molar-refractivity contribution in [3.05, 3.63) is 71.3 Å². The molecule has 0 radical (unpaired) electrons. The Morgan fingerprint density at radius 1 is 1.17 bits per heavy atom. The van der Waals surface area contributed by atoms with Gasteiger partial charge in [-0.1, -0.05) is 30.3 Å². The zero-order valence-corrected chi connectivity index (χ0v) is 14.1. The van der Waals surface area contributed by atoms with Crippen LogP contribution in [0.1, 0.15) is 40.4 Å². The maximum absolute atomic E-state index is 12.4. The predicted molar refractivity (Wildman–Crippen MR) is 91.6 cm³/mol. The van der Waals surface area contributed by atoms with E-state index in [4.69, 9.17) is 0 Å². The number of benzene rings is 1. The predicted octanol–water partition coefficient (Wildman–Crippen LogP) is 2.69. The number of aromatic nitrogens is 4. The highest BCUT2D eigenvalue weighted by atomic mass is 16.2. The summed E-state index contributed by atoms with van der Waals surface area (Å²) in [6, 6.07) is 13.5. The highest BCUT2D eigenvalue weighted by molar-refractivity contribution is 5.92. The number of carbonyl (C=O) groups excluding carboxylic acids is 1. The topological polar surface area (TPSA) is 64.7 Å². The fourth-order valence-corrected chi connectivity index (χ4v) is 2.61. The van der Waals surface area contributed by atoms with Gasteiger partial charge in [0.15, 0.2) is 0 Å². The van der Waals surface area contributed by atoms with Crippen LogP contribution in [-0.2, 0) is 6.67 Å². The molecule has 2 aromatic heterocycles. The molecule has 0 saturated carbocycles. The first kappa shape index (κ1) is 16.0. The molecule has 0 aliphatic heterocycles. The number of hydrogen-bond acceptors (Lipinski definition) is 3. The second-order valence-electron chi connectivity index (χ2n) is 5.91. The van der Waals surface area contributed by atoms with Crippen LogP contribution in [0.5, 0.6) is 0 Å². The van der Waals surface area contributed by atoms with Crippen molar-refractivity contribution in [1.29, 1.82) is 0 Å². The molecule has 2 heterocycles. The molecule has 0 fully saturated rings. The molecule has 24 heavy (non-hydrogen) atoms. The normalized spacial score (nSPS) is 12.1. The molecule has 3 rings (SSSR count). The van der Waals surface area contributed by atoms with Crippen LogP contribution in [0.25, 0.3) is 0 Å². The number of aryl methyl sites for hydroxylation is 2. The molecule has 1 N–H and O–H groups in total. The second kappa shape index (κ2) is 6.70. The Labute approximate surface area is 141 Å². The minimum Gasteiger partial charge on any atom is -0.344 e. The Morgan fingerprint density at radius 3 is 2.58 bits per heavy atom. The molecular formula is C18H21N5O. The van der Waals surface area contributed by atoms with Gasteiger partial charge in [-0.2, -0.15) is 10.2 Å². The molecule has 1 amide bonds. The third-order valence-corrected chi connectivity index (χ3v) is 3.90. The van der Waals surface area contributed by atoms with Crippen molar-refractivity contribution in [2.75, 3.05) is 0 Å². The summed E-state index contributed by atoms with van der Waals surface area (Å²) in [6.07, 6.45) is 1.79. The lowest BCUT2D eigenvalue weighted by molar-refractivity contribution is 0.0934. The Balaban J connectivity index is 1.66. The average molecular weight is 323 g/mol. The zero-order valence-electron chi connectivity index (χ0n) is 14.1. The molecule has 3 aromatic rings. The number of amides is 1. The summed E-state index contributed by atoms with van der Waals surface area (Å²) >= 11 is 0. The first-order valence-corrected chi connectivity index (χ1v) is 7.93. The van der Waals surface area contributed by atoms with Crippen LogP contribution >= 0.6 is 0 Å². The fourth-order valence-electron chi connectivity index (χ4n) is 2.61. The molecule has 6 nitrogen and oxygen atoms in total. The minimum atomic E-state index is -0.182. The maximum atomic E-state index is 12.4. The van der Waals surface area contributed by atoms with Gasteiger partial charge in [-0.05, 0) is 38.5 Å². The molecule has 0 saturated heterocycles. The third kappa shape index (κ3) is 3.53. The maximum Gasteiger partial charge on any atom is 0.272 e. The number of nitrogens with one attached hydrogen (secondary N) is 1. The molecule has 1 aromatic carbocycles.